The zero-order valence-corrected chi connectivity index (χ0v) is 10.8. The first-order valence-corrected chi connectivity index (χ1v) is 6.62. The maximum atomic E-state index is 6.04. The molecule has 2 heterocycles. The summed E-state index contributed by atoms with van der Waals surface area (Å²) in [7, 11) is 2.14. The van der Waals surface area contributed by atoms with Gasteiger partial charge in [-0.05, 0) is 43.7 Å². The summed E-state index contributed by atoms with van der Waals surface area (Å²) >= 11 is 6.04. The first-order valence-electron chi connectivity index (χ1n) is 6.24. The molecule has 1 N–H and O–H groups in total. The minimum Gasteiger partial charge on any atom is -0.346 e. The summed E-state index contributed by atoms with van der Waals surface area (Å²) in [5, 5.41) is 5.65. The van der Waals surface area contributed by atoms with E-state index >= 15 is 0 Å². The molecule has 1 aliphatic rings. The molecule has 3 heteroatoms. The van der Waals surface area contributed by atoms with Crippen molar-refractivity contribution in [2.75, 3.05) is 6.54 Å². The van der Waals surface area contributed by atoms with Crippen molar-refractivity contribution < 1.29 is 0 Å². The fourth-order valence-corrected chi connectivity index (χ4v) is 2.96. The number of hydrogen-bond acceptors (Lipinski definition) is 1. The van der Waals surface area contributed by atoms with Crippen molar-refractivity contribution in [1.29, 1.82) is 0 Å². The van der Waals surface area contributed by atoms with Crippen LogP contribution in [0.2, 0.25) is 5.02 Å². The van der Waals surface area contributed by atoms with Gasteiger partial charge in [0.25, 0.3) is 0 Å². The van der Waals surface area contributed by atoms with Gasteiger partial charge in [-0.3, -0.25) is 0 Å². The van der Waals surface area contributed by atoms with Gasteiger partial charge in [-0.1, -0.05) is 18.0 Å². The molecular weight excluding hydrogens is 232 g/mol. The fourth-order valence-electron chi connectivity index (χ4n) is 2.78. The molecule has 0 spiro atoms. The second kappa shape index (κ2) is 4.35. The van der Waals surface area contributed by atoms with E-state index in [4.69, 9.17) is 11.6 Å². The lowest BCUT2D eigenvalue weighted by Crippen LogP contribution is -2.28. The number of nitrogens with zero attached hydrogens (tertiary/aromatic N) is 1. The molecule has 2 aromatic rings. The van der Waals surface area contributed by atoms with E-state index in [1.54, 1.807) is 0 Å². The molecule has 1 aromatic heterocycles. The van der Waals surface area contributed by atoms with Crippen molar-refractivity contribution in [2.45, 2.75) is 25.3 Å². The van der Waals surface area contributed by atoms with Crippen molar-refractivity contribution in [3.8, 4) is 0 Å². The highest BCUT2D eigenvalue weighted by molar-refractivity contribution is 6.31. The van der Waals surface area contributed by atoms with Gasteiger partial charge in [0, 0.05) is 34.7 Å². The number of fused-ring (bicyclic) bond motifs is 1. The van der Waals surface area contributed by atoms with Crippen LogP contribution < -0.4 is 5.32 Å². The Morgan fingerprint density at radius 3 is 2.94 bits per heavy atom. The van der Waals surface area contributed by atoms with Gasteiger partial charge in [0.1, 0.15) is 0 Å². The summed E-state index contributed by atoms with van der Waals surface area (Å²) in [5.41, 5.74) is 2.64. The second-order valence-corrected chi connectivity index (χ2v) is 5.27. The van der Waals surface area contributed by atoms with E-state index in [0.29, 0.717) is 6.04 Å². The molecular formula is C14H17ClN2. The Morgan fingerprint density at radius 2 is 2.18 bits per heavy atom. The SMILES string of the molecule is Cn1c(C2CCCCN2)cc2cc(Cl)ccc21. The van der Waals surface area contributed by atoms with Crippen LogP contribution in [0.25, 0.3) is 10.9 Å². The van der Waals surface area contributed by atoms with Crippen molar-refractivity contribution >= 4 is 22.5 Å². The van der Waals surface area contributed by atoms with Gasteiger partial charge in [0.15, 0.2) is 0 Å². The van der Waals surface area contributed by atoms with Crippen LogP contribution in [0.15, 0.2) is 24.3 Å². The molecule has 1 aromatic carbocycles. The van der Waals surface area contributed by atoms with Gasteiger partial charge in [-0.2, -0.15) is 0 Å². The third-order valence-electron chi connectivity index (χ3n) is 3.71. The molecule has 17 heavy (non-hydrogen) atoms. The molecule has 0 radical (unpaired) electrons. The average molecular weight is 249 g/mol. The van der Waals surface area contributed by atoms with Crippen LogP contribution in [0.3, 0.4) is 0 Å². The van der Waals surface area contributed by atoms with E-state index < -0.39 is 0 Å². The lowest BCUT2D eigenvalue weighted by molar-refractivity contribution is 0.399. The lowest BCUT2D eigenvalue weighted by atomic mass is 10.0. The minimum atomic E-state index is 0.500. The Labute approximate surface area is 107 Å². The number of aryl methyl sites for hydroxylation is 1. The number of benzene rings is 1. The number of piperidine rings is 1. The van der Waals surface area contributed by atoms with E-state index in [1.165, 1.54) is 35.9 Å². The van der Waals surface area contributed by atoms with Crippen LogP contribution in [0.4, 0.5) is 0 Å². The zero-order valence-electron chi connectivity index (χ0n) is 10.0. The molecule has 0 saturated carbocycles. The standard InChI is InChI=1S/C14H17ClN2/c1-17-13-6-5-11(15)8-10(13)9-14(17)12-4-2-3-7-16-12/h5-6,8-9,12,16H,2-4,7H2,1H3. The molecule has 0 aliphatic carbocycles. The molecule has 1 aliphatic heterocycles. The molecule has 3 rings (SSSR count). The highest BCUT2D eigenvalue weighted by Gasteiger charge is 2.18. The molecule has 0 bridgehead atoms. The molecule has 90 valence electrons. The number of rotatable bonds is 1. The number of aromatic nitrogens is 1. The zero-order chi connectivity index (χ0) is 11.8. The Bertz CT molecular complexity index is 538. The van der Waals surface area contributed by atoms with E-state index in [2.05, 4.69) is 29.1 Å². The number of nitrogens with one attached hydrogen (secondary N) is 1. The maximum absolute atomic E-state index is 6.04. The van der Waals surface area contributed by atoms with Gasteiger partial charge in [-0.25, -0.2) is 0 Å². The topological polar surface area (TPSA) is 17.0 Å². The summed E-state index contributed by atoms with van der Waals surface area (Å²) in [6.45, 7) is 1.13. The summed E-state index contributed by atoms with van der Waals surface area (Å²) in [6, 6.07) is 8.87. The second-order valence-electron chi connectivity index (χ2n) is 4.83. The Morgan fingerprint density at radius 1 is 1.29 bits per heavy atom. The number of hydrogen-bond donors (Lipinski definition) is 1. The summed E-state index contributed by atoms with van der Waals surface area (Å²) in [5.74, 6) is 0. The lowest BCUT2D eigenvalue weighted by Gasteiger charge is -2.24. The average Bonchev–Trinajstić information content (AvgIpc) is 2.67. The van der Waals surface area contributed by atoms with Crippen molar-refractivity contribution in [1.82, 2.24) is 9.88 Å². The van der Waals surface area contributed by atoms with E-state index in [-0.39, 0.29) is 0 Å². The molecule has 1 saturated heterocycles. The third-order valence-corrected chi connectivity index (χ3v) is 3.94. The summed E-state index contributed by atoms with van der Waals surface area (Å²) in [6.07, 6.45) is 3.85. The Hall–Kier alpha value is -0.990. The Balaban J connectivity index is 2.07. The molecule has 1 unspecified atom stereocenters. The highest BCUT2D eigenvalue weighted by Crippen LogP contribution is 2.29. The van der Waals surface area contributed by atoms with Crippen LogP contribution in [0.5, 0.6) is 0 Å². The van der Waals surface area contributed by atoms with Crippen LogP contribution in [-0.2, 0) is 7.05 Å². The monoisotopic (exact) mass is 248 g/mol. The predicted octanol–water partition coefficient (Wildman–Crippen LogP) is 3.65. The molecule has 1 atom stereocenters. The van der Waals surface area contributed by atoms with Gasteiger partial charge in [0.2, 0.25) is 0 Å². The van der Waals surface area contributed by atoms with Gasteiger partial charge in [-0.15, -0.1) is 0 Å². The maximum Gasteiger partial charge on any atom is 0.0481 e. The molecule has 0 amide bonds. The molecule has 1 fully saturated rings. The normalized spacial score (nSPS) is 20.9. The van der Waals surface area contributed by atoms with Crippen LogP contribution in [-0.4, -0.2) is 11.1 Å². The smallest absolute Gasteiger partial charge is 0.0481 e. The van der Waals surface area contributed by atoms with Gasteiger partial charge >= 0.3 is 0 Å². The van der Waals surface area contributed by atoms with Crippen LogP contribution >= 0.6 is 11.6 Å². The van der Waals surface area contributed by atoms with Crippen molar-refractivity contribution in [3.63, 3.8) is 0 Å². The minimum absolute atomic E-state index is 0.500. The first kappa shape index (κ1) is 11.1. The third kappa shape index (κ3) is 1.96. The largest absolute Gasteiger partial charge is 0.346 e. The number of halogens is 1. The quantitative estimate of drug-likeness (QED) is 0.815. The van der Waals surface area contributed by atoms with Crippen LogP contribution in [0.1, 0.15) is 31.0 Å². The molecule has 2 nitrogen and oxygen atoms in total. The highest BCUT2D eigenvalue weighted by atomic mass is 35.5. The van der Waals surface area contributed by atoms with E-state index in [0.717, 1.165) is 11.6 Å². The van der Waals surface area contributed by atoms with Gasteiger partial charge in [0.05, 0.1) is 0 Å². The van der Waals surface area contributed by atoms with E-state index in [9.17, 15) is 0 Å². The van der Waals surface area contributed by atoms with Gasteiger partial charge < -0.3 is 9.88 Å². The van der Waals surface area contributed by atoms with E-state index in [1.807, 2.05) is 12.1 Å². The Kier molecular flexibility index (Phi) is 2.85. The summed E-state index contributed by atoms with van der Waals surface area (Å²) < 4.78 is 2.29. The first-order chi connectivity index (χ1) is 8.25. The predicted molar refractivity (Wildman–Crippen MR) is 72.5 cm³/mol. The van der Waals surface area contributed by atoms with Crippen LogP contribution in [0, 0.1) is 0 Å². The fraction of sp³-hybridized carbons (Fsp3) is 0.429. The van der Waals surface area contributed by atoms with Crippen molar-refractivity contribution in [3.05, 3.63) is 35.0 Å². The summed E-state index contributed by atoms with van der Waals surface area (Å²) in [4.78, 5) is 0. The van der Waals surface area contributed by atoms with Crippen molar-refractivity contribution in [2.24, 2.45) is 7.05 Å².